The summed E-state index contributed by atoms with van der Waals surface area (Å²) in [4.78, 5) is 13.9. The number of nitrogens with zero attached hydrogens (tertiary/aromatic N) is 1. The molecule has 0 amide bonds. The van der Waals surface area contributed by atoms with Crippen molar-refractivity contribution in [2.24, 2.45) is 0 Å². The van der Waals surface area contributed by atoms with Crippen LogP contribution in [0.2, 0.25) is 0 Å². The Hall–Kier alpha value is -1.42. The minimum atomic E-state index is -0.229. The maximum absolute atomic E-state index is 13.3. The molecule has 0 unspecified atom stereocenters. The van der Waals surface area contributed by atoms with Crippen LogP contribution in [0.25, 0.3) is 0 Å². The maximum Gasteiger partial charge on any atom is 0.323 e. The Labute approximate surface area is 113 Å². The molecule has 4 heteroatoms. The molecule has 0 bridgehead atoms. The minimum Gasteiger partial charge on any atom is -0.468 e. The van der Waals surface area contributed by atoms with Gasteiger partial charge in [0.05, 0.1) is 7.11 Å². The lowest BCUT2D eigenvalue weighted by molar-refractivity contribution is -0.148. The third-order valence-corrected chi connectivity index (χ3v) is 3.77. The molecule has 0 aliphatic carbocycles. The van der Waals surface area contributed by atoms with E-state index in [4.69, 9.17) is 4.74 Å². The summed E-state index contributed by atoms with van der Waals surface area (Å²) < 4.78 is 18.2. The summed E-state index contributed by atoms with van der Waals surface area (Å²) in [6.45, 7) is 3.42. The van der Waals surface area contributed by atoms with Gasteiger partial charge in [-0.2, -0.15) is 0 Å². The van der Waals surface area contributed by atoms with Crippen LogP contribution < -0.4 is 0 Å². The van der Waals surface area contributed by atoms with E-state index >= 15 is 0 Å². The fraction of sp³-hybridized carbons (Fsp3) is 0.533. The Balaban J connectivity index is 2.15. The number of benzene rings is 1. The van der Waals surface area contributed by atoms with Crippen molar-refractivity contribution >= 4 is 5.97 Å². The number of piperidine rings is 1. The number of carbonyl (C=O) groups is 1. The van der Waals surface area contributed by atoms with E-state index in [1.54, 1.807) is 12.1 Å². The van der Waals surface area contributed by atoms with E-state index < -0.39 is 0 Å². The molecule has 0 aromatic heterocycles. The molecule has 0 N–H and O–H groups in total. The number of likely N-dealkylation sites (tertiary alicyclic amines) is 1. The largest absolute Gasteiger partial charge is 0.468 e. The van der Waals surface area contributed by atoms with Crippen molar-refractivity contribution in [1.82, 2.24) is 4.90 Å². The number of aryl methyl sites for hydroxylation is 1. The van der Waals surface area contributed by atoms with Gasteiger partial charge in [-0.15, -0.1) is 0 Å². The fourth-order valence-corrected chi connectivity index (χ4v) is 2.61. The van der Waals surface area contributed by atoms with Gasteiger partial charge >= 0.3 is 5.97 Å². The molecule has 1 aliphatic rings. The molecule has 1 atom stereocenters. The first-order chi connectivity index (χ1) is 9.11. The maximum atomic E-state index is 13.3. The van der Waals surface area contributed by atoms with E-state index in [1.807, 2.05) is 6.92 Å². The molecule has 1 saturated heterocycles. The molecule has 2 rings (SSSR count). The molecule has 3 nitrogen and oxygen atoms in total. The van der Waals surface area contributed by atoms with Gasteiger partial charge in [-0.1, -0.05) is 12.5 Å². The highest BCUT2D eigenvalue weighted by atomic mass is 19.1. The van der Waals surface area contributed by atoms with Gasteiger partial charge in [0.2, 0.25) is 0 Å². The Morgan fingerprint density at radius 1 is 1.47 bits per heavy atom. The Morgan fingerprint density at radius 3 is 3.00 bits per heavy atom. The number of hydrogen-bond donors (Lipinski definition) is 0. The number of methoxy groups -OCH3 is 1. The van der Waals surface area contributed by atoms with E-state index in [-0.39, 0.29) is 17.8 Å². The number of halogens is 1. The van der Waals surface area contributed by atoms with Crippen LogP contribution in [0, 0.1) is 12.7 Å². The molecular formula is C15H20FNO2. The first-order valence-electron chi connectivity index (χ1n) is 6.68. The van der Waals surface area contributed by atoms with Crippen LogP contribution in [0.15, 0.2) is 18.2 Å². The first kappa shape index (κ1) is 14.0. The molecule has 1 aromatic rings. The highest BCUT2D eigenvalue weighted by Gasteiger charge is 2.29. The first-order valence-corrected chi connectivity index (χ1v) is 6.68. The minimum absolute atomic E-state index is 0.186. The zero-order valence-corrected chi connectivity index (χ0v) is 11.5. The van der Waals surface area contributed by atoms with Gasteiger partial charge in [0, 0.05) is 6.54 Å². The molecule has 1 aromatic carbocycles. The Bertz CT molecular complexity index is 461. The van der Waals surface area contributed by atoms with Crippen molar-refractivity contribution in [1.29, 1.82) is 0 Å². The second-order valence-electron chi connectivity index (χ2n) is 5.08. The van der Waals surface area contributed by atoms with Gasteiger partial charge in [0.1, 0.15) is 11.9 Å². The SMILES string of the molecule is COC(=O)[C@H]1CCCCN1Cc1cc(F)ccc1C. The van der Waals surface area contributed by atoms with Crippen molar-refractivity contribution in [3.05, 3.63) is 35.1 Å². The Kier molecular flexibility index (Phi) is 4.53. The summed E-state index contributed by atoms with van der Waals surface area (Å²) in [5, 5.41) is 0. The number of hydrogen-bond acceptors (Lipinski definition) is 3. The molecule has 1 heterocycles. The number of carbonyl (C=O) groups excluding carboxylic acids is 1. The van der Waals surface area contributed by atoms with Gasteiger partial charge < -0.3 is 4.74 Å². The predicted molar refractivity (Wildman–Crippen MR) is 71.2 cm³/mol. The Morgan fingerprint density at radius 2 is 2.26 bits per heavy atom. The summed E-state index contributed by atoms with van der Waals surface area (Å²) in [6.07, 6.45) is 2.93. The molecule has 1 fully saturated rings. The smallest absolute Gasteiger partial charge is 0.323 e. The van der Waals surface area contributed by atoms with Crippen LogP contribution in [-0.4, -0.2) is 30.6 Å². The molecule has 0 spiro atoms. The van der Waals surface area contributed by atoms with Gasteiger partial charge in [-0.3, -0.25) is 9.69 Å². The van der Waals surface area contributed by atoms with Gasteiger partial charge in [0.25, 0.3) is 0 Å². The predicted octanol–water partition coefficient (Wildman–Crippen LogP) is 2.66. The third-order valence-electron chi connectivity index (χ3n) is 3.77. The lowest BCUT2D eigenvalue weighted by atomic mass is 10.00. The highest BCUT2D eigenvalue weighted by molar-refractivity contribution is 5.75. The van der Waals surface area contributed by atoms with Crippen LogP contribution in [0.4, 0.5) is 4.39 Å². The molecule has 0 radical (unpaired) electrons. The van der Waals surface area contributed by atoms with Crippen LogP contribution in [0.3, 0.4) is 0 Å². The van der Waals surface area contributed by atoms with Gasteiger partial charge in [0.15, 0.2) is 0 Å². The molecule has 19 heavy (non-hydrogen) atoms. The van der Waals surface area contributed by atoms with Crippen molar-refractivity contribution in [3.8, 4) is 0 Å². The average molecular weight is 265 g/mol. The second kappa shape index (κ2) is 6.15. The van der Waals surface area contributed by atoms with E-state index in [0.29, 0.717) is 6.54 Å². The number of ether oxygens (including phenoxy) is 1. The van der Waals surface area contributed by atoms with E-state index in [9.17, 15) is 9.18 Å². The fourth-order valence-electron chi connectivity index (χ4n) is 2.61. The quantitative estimate of drug-likeness (QED) is 0.787. The second-order valence-corrected chi connectivity index (χ2v) is 5.08. The standard InChI is InChI=1S/C15H20FNO2/c1-11-6-7-13(16)9-12(11)10-17-8-4-3-5-14(17)15(18)19-2/h6-7,9,14H,3-5,8,10H2,1-2H3/t14-/m1/s1. The van der Waals surface area contributed by atoms with Crippen molar-refractivity contribution in [2.75, 3.05) is 13.7 Å². The average Bonchev–Trinajstić information content (AvgIpc) is 2.42. The summed E-state index contributed by atoms with van der Waals surface area (Å²) in [6, 6.07) is 4.61. The van der Waals surface area contributed by atoms with Crippen LogP contribution in [0.5, 0.6) is 0 Å². The number of rotatable bonds is 3. The monoisotopic (exact) mass is 265 g/mol. The molecule has 1 aliphatic heterocycles. The van der Waals surface area contributed by atoms with Crippen molar-refractivity contribution in [3.63, 3.8) is 0 Å². The molecule has 0 saturated carbocycles. The van der Waals surface area contributed by atoms with E-state index in [1.165, 1.54) is 13.2 Å². The lowest BCUT2D eigenvalue weighted by Crippen LogP contribution is -2.44. The summed E-state index contributed by atoms with van der Waals surface area (Å²) >= 11 is 0. The van der Waals surface area contributed by atoms with Crippen LogP contribution in [-0.2, 0) is 16.1 Å². The highest BCUT2D eigenvalue weighted by Crippen LogP contribution is 2.22. The van der Waals surface area contributed by atoms with E-state index in [2.05, 4.69) is 4.90 Å². The van der Waals surface area contributed by atoms with Gasteiger partial charge in [-0.05, 0) is 49.6 Å². The van der Waals surface area contributed by atoms with Crippen molar-refractivity contribution in [2.45, 2.75) is 38.8 Å². The molecular weight excluding hydrogens is 245 g/mol. The topological polar surface area (TPSA) is 29.5 Å². The normalized spacial score (nSPS) is 20.3. The molecule has 104 valence electrons. The van der Waals surface area contributed by atoms with Crippen molar-refractivity contribution < 1.29 is 13.9 Å². The van der Waals surface area contributed by atoms with E-state index in [0.717, 1.165) is 36.9 Å². The zero-order chi connectivity index (χ0) is 13.8. The summed E-state index contributed by atoms with van der Waals surface area (Å²) in [5.74, 6) is -0.416. The summed E-state index contributed by atoms with van der Waals surface area (Å²) in [5.41, 5.74) is 1.99. The third kappa shape index (κ3) is 3.32. The number of esters is 1. The summed E-state index contributed by atoms with van der Waals surface area (Å²) in [7, 11) is 1.42. The zero-order valence-electron chi connectivity index (χ0n) is 11.5. The lowest BCUT2D eigenvalue weighted by Gasteiger charge is -2.34. The van der Waals surface area contributed by atoms with Crippen LogP contribution in [0.1, 0.15) is 30.4 Å². The van der Waals surface area contributed by atoms with Crippen LogP contribution >= 0.6 is 0 Å². The van der Waals surface area contributed by atoms with Gasteiger partial charge in [-0.25, -0.2) is 4.39 Å².